The molecule has 1 aliphatic rings. The van der Waals surface area contributed by atoms with Gasteiger partial charge in [-0.15, -0.1) is 0 Å². The van der Waals surface area contributed by atoms with E-state index in [2.05, 4.69) is 15.9 Å². The predicted molar refractivity (Wildman–Crippen MR) is 83.7 cm³/mol. The van der Waals surface area contributed by atoms with E-state index in [1.807, 2.05) is 13.0 Å². The lowest BCUT2D eigenvalue weighted by Crippen LogP contribution is -2.41. The maximum absolute atomic E-state index is 12.7. The number of aryl methyl sites for hydroxylation is 1. The number of sulfonamides is 1. The van der Waals surface area contributed by atoms with Gasteiger partial charge in [0.25, 0.3) is 0 Å². The largest absolute Gasteiger partial charge is 0.394 e. The van der Waals surface area contributed by atoms with E-state index in [9.17, 15) is 8.42 Å². The van der Waals surface area contributed by atoms with Crippen molar-refractivity contribution in [2.45, 2.75) is 30.8 Å². The molecule has 1 aliphatic heterocycles. The molecule has 7 heteroatoms. The maximum Gasteiger partial charge on any atom is 0.244 e. The molecule has 21 heavy (non-hydrogen) atoms. The van der Waals surface area contributed by atoms with Gasteiger partial charge >= 0.3 is 0 Å². The third-order valence-corrected chi connectivity index (χ3v) is 6.43. The van der Waals surface area contributed by atoms with Gasteiger partial charge in [0.2, 0.25) is 10.0 Å². The maximum atomic E-state index is 12.7. The second-order valence-electron chi connectivity index (χ2n) is 5.13. The van der Waals surface area contributed by atoms with Crippen LogP contribution in [0.2, 0.25) is 0 Å². The lowest BCUT2D eigenvalue weighted by Gasteiger charge is -2.31. The van der Waals surface area contributed by atoms with Crippen molar-refractivity contribution in [3.05, 3.63) is 28.2 Å². The zero-order valence-electron chi connectivity index (χ0n) is 12.0. The first-order chi connectivity index (χ1) is 9.95. The summed E-state index contributed by atoms with van der Waals surface area (Å²) in [5, 5.41) is 8.74. The van der Waals surface area contributed by atoms with Gasteiger partial charge in [-0.2, -0.15) is 4.31 Å². The Morgan fingerprint density at radius 1 is 1.38 bits per heavy atom. The number of benzene rings is 1. The molecule has 118 valence electrons. The van der Waals surface area contributed by atoms with E-state index < -0.39 is 10.0 Å². The summed E-state index contributed by atoms with van der Waals surface area (Å²) in [5.74, 6) is 0. The van der Waals surface area contributed by atoms with Gasteiger partial charge in [0.1, 0.15) is 0 Å². The highest BCUT2D eigenvalue weighted by molar-refractivity contribution is 9.10. The summed E-state index contributed by atoms with van der Waals surface area (Å²) in [7, 11) is -3.47. The Bertz CT molecular complexity index is 583. The number of aliphatic hydroxyl groups is 1. The molecule has 0 unspecified atom stereocenters. The Labute approximate surface area is 134 Å². The molecule has 1 fully saturated rings. The molecule has 1 saturated heterocycles. The van der Waals surface area contributed by atoms with Crippen molar-refractivity contribution < 1.29 is 18.3 Å². The zero-order valence-corrected chi connectivity index (χ0v) is 14.4. The first-order valence-electron chi connectivity index (χ1n) is 6.94. The van der Waals surface area contributed by atoms with Gasteiger partial charge < -0.3 is 9.84 Å². The Morgan fingerprint density at radius 2 is 2.05 bits per heavy atom. The number of nitrogens with zero attached hydrogens (tertiary/aromatic N) is 1. The van der Waals surface area contributed by atoms with Crippen LogP contribution in [0.25, 0.3) is 0 Å². The van der Waals surface area contributed by atoms with Crippen LogP contribution in [0.1, 0.15) is 18.4 Å². The van der Waals surface area contributed by atoms with E-state index in [-0.39, 0.29) is 12.7 Å². The van der Waals surface area contributed by atoms with E-state index in [1.54, 1.807) is 12.1 Å². The second-order valence-corrected chi connectivity index (χ2v) is 7.89. The summed E-state index contributed by atoms with van der Waals surface area (Å²) in [4.78, 5) is 0.308. The highest BCUT2D eigenvalue weighted by atomic mass is 79.9. The van der Waals surface area contributed by atoms with Gasteiger partial charge in [0.15, 0.2) is 0 Å². The number of halogens is 1. The Hall–Kier alpha value is -0.470. The first kappa shape index (κ1) is 16.9. The molecule has 0 atom stereocenters. The first-order valence-corrected chi connectivity index (χ1v) is 9.17. The predicted octanol–water partition coefficient (Wildman–Crippen LogP) is 1.92. The second kappa shape index (κ2) is 7.19. The molecule has 1 aromatic rings. The third-order valence-electron chi connectivity index (χ3n) is 3.55. The smallest absolute Gasteiger partial charge is 0.244 e. The molecule has 5 nitrogen and oxygen atoms in total. The molecular weight excluding hydrogens is 358 g/mol. The fourth-order valence-corrected chi connectivity index (χ4v) is 5.03. The van der Waals surface area contributed by atoms with Crippen molar-refractivity contribution in [3.8, 4) is 0 Å². The van der Waals surface area contributed by atoms with Crippen LogP contribution in [-0.2, 0) is 14.8 Å². The number of rotatable bonds is 5. The van der Waals surface area contributed by atoms with Crippen molar-refractivity contribution >= 4 is 26.0 Å². The van der Waals surface area contributed by atoms with Crippen molar-refractivity contribution in [1.82, 2.24) is 4.31 Å². The Morgan fingerprint density at radius 3 is 2.62 bits per heavy atom. The number of piperidine rings is 1. The minimum atomic E-state index is -3.47. The van der Waals surface area contributed by atoms with Gasteiger partial charge in [-0.1, -0.05) is 6.07 Å². The highest BCUT2D eigenvalue weighted by Crippen LogP contribution is 2.28. The van der Waals surface area contributed by atoms with Crippen molar-refractivity contribution in [3.63, 3.8) is 0 Å². The van der Waals surface area contributed by atoms with Crippen molar-refractivity contribution in [1.29, 1.82) is 0 Å². The molecule has 1 N–H and O–H groups in total. The number of hydrogen-bond donors (Lipinski definition) is 1. The fraction of sp³-hybridized carbons (Fsp3) is 0.571. The fourth-order valence-electron chi connectivity index (χ4n) is 2.41. The van der Waals surface area contributed by atoms with Gasteiger partial charge in [0, 0.05) is 17.6 Å². The van der Waals surface area contributed by atoms with E-state index in [1.165, 1.54) is 4.31 Å². The average Bonchev–Trinajstić information content (AvgIpc) is 2.45. The van der Waals surface area contributed by atoms with E-state index in [0.29, 0.717) is 41.9 Å². The summed E-state index contributed by atoms with van der Waals surface area (Å²) in [6.45, 7) is 3.11. The molecule has 0 aromatic heterocycles. The van der Waals surface area contributed by atoms with Gasteiger partial charge in [-0.3, -0.25) is 0 Å². The molecule has 0 amide bonds. The van der Waals surface area contributed by atoms with Gasteiger partial charge in [-0.25, -0.2) is 8.42 Å². The molecule has 1 aromatic carbocycles. The molecular formula is C14H20BrNO4S. The monoisotopic (exact) mass is 377 g/mol. The topological polar surface area (TPSA) is 66.8 Å². The van der Waals surface area contributed by atoms with Gasteiger partial charge in [-0.05, 0) is 53.4 Å². The molecule has 0 spiro atoms. The highest BCUT2D eigenvalue weighted by Gasteiger charge is 2.30. The summed E-state index contributed by atoms with van der Waals surface area (Å²) < 4.78 is 32.9. The zero-order chi connectivity index (χ0) is 15.5. The van der Waals surface area contributed by atoms with Crippen LogP contribution in [0.15, 0.2) is 27.6 Å². The van der Waals surface area contributed by atoms with Crippen LogP contribution >= 0.6 is 15.9 Å². The quantitative estimate of drug-likeness (QED) is 0.850. The molecule has 0 saturated carbocycles. The van der Waals surface area contributed by atoms with Crippen molar-refractivity contribution in [2.24, 2.45) is 0 Å². The van der Waals surface area contributed by atoms with Crippen LogP contribution in [0, 0.1) is 6.92 Å². The molecule has 0 aliphatic carbocycles. The van der Waals surface area contributed by atoms with Crippen LogP contribution in [0.3, 0.4) is 0 Å². The van der Waals surface area contributed by atoms with Crippen LogP contribution < -0.4 is 0 Å². The van der Waals surface area contributed by atoms with E-state index in [4.69, 9.17) is 9.84 Å². The Kier molecular flexibility index (Phi) is 5.79. The van der Waals surface area contributed by atoms with Gasteiger partial charge in [0.05, 0.1) is 24.2 Å². The summed E-state index contributed by atoms with van der Waals surface area (Å²) in [6, 6.07) is 5.25. The number of aliphatic hydroxyl groups excluding tert-OH is 1. The minimum absolute atomic E-state index is 0.00513. The minimum Gasteiger partial charge on any atom is -0.394 e. The Balaban J connectivity index is 2.08. The number of hydrogen-bond acceptors (Lipinski definition) is 4. The standard InChI is InChI=1S/C14H20BrNO4S/c1-11-2-3-14(13(15)10-11)21(18,19)16-6-4-12(5-7-16)20-9-8-17/h2-3,10,12,17H,4-9H2,1H3. The molecule has 0 radical (unpaired) electrons. The van der Waals surface area contributed by atoms with Crippen molar-refractivity contribution in [2.75, 3.05) is 26.3 Å². The molecule has 1 heterocycles. The van der Waals surface area contributed by atoms with Crippen LogP contribution in [0.4, 0.5) is 0 Å². The summed E-state index contributed by atoms with van der Waals surface area (Å²) in [5.41, 5.74) is 1.01. The molecule has 0 bridgehead atoms. The van der Waals surface area contributed by atoms with Crippen LogP contribution in [-0.4, -0.2) is 50.2 Å². The average molecular weight is 378 g/mol. The summed E-state index contributed by atoms with van der Waals surface area (Å²) >= 11 is 3.34. The normalized spacial score (nSPS) is 18.0. The third kappa shape index (κ3) is 4.04. The van der Waals surface area contributed by atoms with E-state index >= 15 is 0 Å². The molecule has 2 rings (SSSR count). The summed E-state index contributed by atoms with van der Waals surface area (Å²) in [6.07, 6.45) is 1.34. The lowest BCUT2D eigenvalue weighted by molar-refractivity contribution is 0.00318. The SMILES string of the molecule is Cc1ccc(S(=O)(=O)N2CCC(OCCO)CC2)c(Br)c1. The lowest BCUT2D eigenvalue weighted by atomic mass is 10.1. The van der Waals surface area contributed by atoms with E-state index in [0.717, 1.165) is 5.56 Å². The number of ether oxygens (including phenoxy) is 1. The van der Waals surface area contributed by atoms with Crippen LogP contribution in [0.5, 0.6) is 0 Å².